The molecular weight excluding hydrogens is 404 g/mol. The molecule has 7 heteroatoms. The van der Waals surface area contributed by atoms with Gasteiger partial charge >= 0.3 is 0 Å². The minimum atomic E-state index is -0.235. The largest absolute Gasteiger partial charge is 0.497 e. The third-order valence-electron chi connectivity index (χ3n) is 6.05. The van der Waals surface area contributed by atoms with Gasteiger partial charge in [0.15, 0.2) is 11.5 Å². The molecule has 1 atom stereocenters. The Morgan fingerprint density at radius 1 is 1.09 bits per heavy atom. The Balaban J connectivity index is 1.46. The van der Waals surface area contributed by atoms with Crippen molar-refractivity contribution >= 4 is 5.91 Å². The second-order valence-electron chi connectivity index (χ2n) is 7.91. The first-order chi connectivity index (χ1) is 15.7. The van der Waals surface area contributed by atoms with Crippen LogP contribution in [0.3, 0.4) is 0 Å². The van der Waals surface area contributed by atoms with Crippen LogP contribution in [0.5, 0.6) is 5.75 Å². The summed E-state index contributed by atoms with van der Waals surface area (Å²) in [7, 11) is 1.66. The predicted molar refractivity (Wildman–Crippen MR) is 124 cm³/mol. The summed E-state index contributed by atoms with van der Waals surface area (Å²) in [6.45, 7) is 7.73. The molecule has 1 aliphatic heterocycles. The van der Waals surface area contributed by atoms with Gasteiger partial charge in [-0.25, -0.2) is 0 Å². The van der Waals surface area contributed by atoms with Gasteiger partial charge in [-0.3, -0.25) is 9.69 Å². The van der Waals surface area contributed by atoms with Crippen molar-refractivity contribution in [2.45, 2.75) is 13.0 Å². The first kappa shape index (κ1) is 22.0. The highest BCUT2D eigenvalue weighted by Crippen LogP contribution is 2.25. The molecule has 0 saturated carbocycles. The van der Waals surface area contributed by atoms with Gasteiger partial charge < -0.3 is 19.5 Å². The number of hydrogen-bond acceptors (Lipinski definition) is 6. The highest BCUT2D eigenvalue weighted by Gasteiger charge is 2.26. The molecule has 1 amide bonds. The number of carbonyl (C=O) groups is 1. The molecule has 32 heavy (non-hydrogen) atoms. The number of nitrogens with zero attached hydrogens (tertiary/aromatic N) is 3. The van der Waals surface area contributed by atoms with Crippen molar-refractivity contribution < 1.29 is 14.1 Å². The molecule has 0 bridgehead atoms. The maximum absolute atomic E-state index is 12.8. The molecule has 1 fully saturated rings. The van der Waals surface area contributed by atoms with Crippen molar-refractivity contribution in [3.63, 3.8) is 0 Å². The Morgan fingerprint density at radius 3 is 2.47 bits per heavy atom. The number of piperazine rings is 1. The second-order valence-corrected chi connectivity index (χ2v) is 7.91. The summed E-state index contributed by atoms with van der Waals surface area (Å²) in [5, 5.41) is 7.04. The van der Waals surface area contributed by atoms with E-state index in [0.29, 0.717) is 12.3 Å². The van der Waals surface area contributed by atoms with Crippen LogP contribution in [0.4, 0.5) is 0 Å². The molecule has 0 spiro atoms. The van der Waals surface area contributed by atoms with Gasteiger partial charge in [0.25, 0.3) is 5.91 Å². The SMILES string of the molecule is CCN1CCN([C@H](CNC(=O)c2cc(-c3ccccc3)on2)c2ccc(OC)cc2)CC1. The van der Waals surface area contributed by atoms with Crippen molar-refractivity contribution in [2.75, 3.05) is 46.4 Å². The Kier molecular flexibility index (Phi) is 7.19. The molecule has 1 N–H and O–H groups in total. The molecule has 4 rings (SSSR count). The predicted octanol–water partition coefficient (Wildman–Crippen LogP) is 3.46. The van der Waals surface area contributed by atoms with Crippen molar-refractivity contribution in [2.24, 2.45) is 0 Å². The number of likely N-dealkylation sites (N-methyl/N-ethyl adjacent to an activating group) is 1. The Hall–Kier alpha value is -3.16. The summed E-state index contributed by atoms with van der Waals surface area (Å²) in [5.74, 6) is 1.17. The summed E-state index contributed by atoms with van der Waals surface area (Å²) >= 11 is 0. The van der Waals surface area contributed by atoms with E-state index in [0.717, 1.165) is 49.6 Å². The average molecular weight is 435 g/mol. The normalized spacial score (nSPS) is 15.9. The third-order valence-corrected chi connectivity index (χ3v) is 6.05. The summed E-state index contributed by atoms with van der Waals surface area (Å²) < 4.78 is 10.7. The van der Waals surface area contributed by atoms with E-state index in [9.17, 15) is 4.79 Å². The summed E-state index contributed by atoms with van der Waals surface area (Å²) in [6, 6.07) is 19.5. The van der Waals surface area contributed by atoms with E-state index >= 15 is 0 Å². The number of ether oxygens (including phenoxy) is 1. The number of methoxy groups -OCH3 is 1. The van der Waals surface area contributed by atoms with Crippen LogP contribution < -0.4 is 10.1 Å². The van der Waals surface area contributed by atoms with Crippen LogP contribution in [-0.4, -0.2) is 67.2 Å². The monoisotopic (exact) mass is 434 g/mol. The van der Waals surface area contributed by atoms with Gasteiger partial charge in [-0.1, -0.05) is 54.5 Å². The Labute approximate surface area is 188 Å². The van der Waals surface area contributed by atoms with E-state index < -0.39 is 0 Å². The Bertz CT molecular complexity index is 996. The topological polar surface area (TPSA) is 70.8 Å². The zero-order valence-electron chi connectivity index (χ0n) is 18.7. The second kappa shape index (κ2) is 10.4. The molecule has 0 unspecified atom stereocenters. The van der Waals surface area contributed by atoms with Crippen molar-refractivity contribution in [3.8, 4) is 17.1 Å². The molecule has 2 heterocycles. The van der Waals surface area contributed by atoms with Crippen molar-refractivity contribution in [1.29, 1.82) is 0 Å². The number of benzene rings is 2. The van der Waals surface area contributed by atoms with Gasteiger partial charge in [0, 0.05) is 44.4 Å². The van der Waals surface area contributed by atoms with Gasteiger partial charge in [0.05, 0.1) is 13.2 Å². The van der Waals surface area contributed by atoms with Crippen LogP contribution in [0.1, 0.15) is 29.0 Å². The lowest BCUT2D eigenvalue weighted by atomic mass is 10.0. The first-order valence-electron chi connectivity index (χ1n) is 11.1. The maximum Gasteiger partial charge on any atom is 0.273 e. The van der Waals surface area contributed by atoms with Crippen molar-refractivity contribution in [3.05, 3.63) is 71.9 Å². The van der Waals surface area contributed by atoms with Crippen LogP contribution >= 0.6 is 0 Å². The molecule has 1 aliphatic rings. The molecular formula is C25H30N4O3. The van der Waals surface area contributed by atoms with Gasteiger partial charge in [0.2, 0.25) is 0 Å². The van der Waals surface area contributed by atoms with E-state index in [1.54, 1.807) is 13.2 Å². The van der Waals surface area contributed by atoms with Gasteiger partial charge in [-0.05, 0) is 24.2 Å². The lowest BCUT2D eigenvalue weighted by Gasteiger charge is -2.39. The fourth-order valence-electron chi connectivity index (χ4n) is 4.08. The first-order valence-corrected chi connectivity index (χ1v) is 11.1. The summed E-state index contributed by atoms with van der Waals surface area (Å²) in [4.78, 5) is 17.7. The van der Waals surface area contributed by atoms with E-state index in [2.05, 4.69) is 39.3 Å². The van der Waals surface area contributed by atoms with Gasteiger partial charge in [-0.2, -0.15) is 0 Å². The van der Waals surface area contributed by atoms with Crippen LogP contribution in [0.2, 0.25) is 0 Å². The molecule has 0 radical (unpaired) electrons. The zero-order chi connectivity index (χ0) is 22.3. The highest BCUT2D eigenvalue weighted by atomic mass is 16.5. The quantitative estimate of drug-likeness (QED) is 0.586. The van der Waals surface area contributed by atoms with Crippen LogP contribution in [-0.2, 0) is 0 Å². The number of aromatic nitrogens is 1. The molecule has 0 aliphatic carbocycles. The fourth-order valence-corrected chi connectivity index (χ4v) is 4.08. The summed E-state index contributed by atoms with van der Waals surface area (Å²) in [5.41, 5.74) is 2.33. The Morgan fingerprint density at radius 2 is 1.81 bits per heavy atom. The van der Waals surface area contributed by atoms with Gasteiger partial charge in [0.1, 0.15) is 5.75 Å². The standard InChI is InChI=1S/C25H30N4O3/c1-3-28-13-15-29(16-14-28)23(19-9-11-21(31-2)12-10-19)18-26-25(30)22-17-24(32-27-22)20-7-5-4-6-8-20/h4-12,17,23H,3,13-16,18H2,1-2H3,(H,26,30)/t23-/m1/s1. The smallest absolute Gasteiger partial charge is 0.273 e. The van der Waals surface area contributed by atoms with E-state index in [1.807, 2.05) is 42.5 Å². The van der Waals surface area contributed by atoms with E-state index in [4.69, 9.17) is 9.26 Å². The number of rotatable bonds is 8. The summed E-state index contributed by atoms with van der Waals surface area (Å²) in [6.07, 6.45) is 0. The molecule has 2 aromatic carbocycles. The maximum atomic E-state index is 12.8. The number of amides is 1. The molecule has 7 nitrogen and oxygen atoms in total. The molecule has 1 saturated heterocycles. The van der Waals surface area contributed by atoms with E-state index in [-0.39, 0.29) is 17.6 Å². The molecule has 1 aromatic heterocycles. The average Bonchev–Trinajstić information content (AvgIpc) is 3.36. The molecule has 3 aromatic rings. The molecule has 168 valence electrons. The highest BCUT2D eigenvalue weighted by molar-refractivity contribution is 5.93. The number of hydrogen-bond donors (Lipinski definition) is 1. The number of carbonyl (C=O) groups excluding carboxylic acids is 1. The lowest BCUT2D eigenvalue weighted by molar-refractivity contribution is 0.0849. The van der Waals surface area contributed by atoms with Crippen LogP contribution in [0.15, 0.2) is 65.2 Å². The van der Waals surface area contributed by atoms with Gasteiger partial charge in [-0.15, -0.1) is 0 Å². The third kappa shape index (κ3) is 5.18. The number of nitrogens with one attached hydrogen (secondary N) is 1. The fraction of sp³-hybridized carbons (Fsp3) is 0.360. The van der Waals surface area contributed by atoms with E-state index in [1.165, 1.54) is 0 Å². The minimum Gasteiger partial charge on any atom is -0.497 e. The zero-order valence-corrected chi connectivity index (χ0v) is 18.7. The minimum absolute atomic E-state index is 0.0735. The van der Waals surface area contributed by atoms with Crippen molar-refractivity contribution in [1.82, 2.24) is 20.3 Å². The lowest BCUT2D eigenvalue weighted by Crippen LogP contribution is -2.49. The van der Waals surface area contributed by atoms with Crippen LogP contribution in [0.25, 0.3) is 11.3 Å². The van der Waals surface area contributed by atoms with Crippen LogP contribution in [0, 0.1) is 0 Å².